The Morgan fingerprint density at radius 3 is 1.00 bits per heavy atom. The number of ether oxygens (including phenoxy) is 3. The Labute approximate surface area is 393 Å². The fourth-order valence-electron chi connectivity index (χ4n) is 6.63. The molecule has 0 aromatic carbocycles. The fourth-order valence-corrected chi connectivity index (χ4v) is 6.63. The minimum atomic E-state index is -0.797. The van der Waals surface area contributed by atoms with E-state index in [2.05, 4.69) is 130 Å². The molecular formula is C58H94O6. The summed E-state index contributed by atoms with van der Waals surface area (Å²) in [6.45, 7) is 6.37. The van der Waals surface area contributed by atoms with Gasteiger partial charge in [-0.1, -0.05) is 201 Å². The van der Waals surface area contributed by atoms with Crippen molar-refractivity contribution in [1.82, 2.24) is 0 Å². The molecule has 0 aromatic heterocycles. The average Bonchev–Trinajstić information content (AvgIpc) is 3.29. The summed E-state index contributed by atoms with van der Waals surface area (Å²) in [5.41, 5.74) is 0. The Hall–Kier alpha value is -3.93. The maximum Gasteiger partial charge on any atom is 0.306 e. The number of rotatable bonds is 45. The van der Waals surface area contributed by atoms with Crippen LogP contribution in [0.25, 0.3) is 0 Å². The van der Waals surface area contributed by atoms with Crippen molar-refractivity contribution >= 4 is 17.9 Å². The zero-order valence-electron chi connectivity index (χ0n) is 41.3. The highest BCUT2D eigenvalue weighted by Crippen LogP contribution is 2.12. The molecule has 0 saturated carbocycles. The maximum absolute atomic E-state index is 12.7. The second-order valence-corrected chi connectivity index (χ2v) is 16.7. The smallest absolute Gasteiger partial charge is 0.306 e. The molecule has 0 fully saturated rings. The van der Waals surface area contributed by atoms with E-state index in [1.807, 2.05) is 0 Å². The van der Waals surface area contributed by atoms with Crippen LogP contribution < -0.4 is 0 Å². The molecule has 0 aromatic rings. The van der Waals surface area contributed by atoms with Gasteiger partial charge in [-0.15, -0.1) is 0 Å². The van der Waals surface area contributed by atoms with Crippen LogP contribution in [0.2, 0.25) is 0 Å². The van der Waals surface area contributed by atoms with E-state index >= 15 is 0 Å². The summed E-state index contributed by atoms with van der Waals surface area (Å²) >= 11 is 0. The zero-order chi connectivity index (χ0) is 46.5. The summed E-state index contributed by atoms with van der Waals surface area (Å²) in [5, 5.41) is 0. The maximum atomic E-state index is 12.7. The zero-order valence-corrected chi connectivity index (χ0v) is 41.3. The van der Waals surface area contributed by atoms with E-state index in [1.165, 1.54) is 44.9 Å². The van der Waals surface area contributed by atoms with Crippen molar-refractivity contribution < 1.29 is 28.6 Å². The van der Waals surface area contributed by atoms with E-state index in [1.54, 1.807) is 0 Å². The minimum Gasteiger partial charge on any atom is -0.462 e. The summed E-state index contributed by atoms with van der Waals surface area (Å²) in [7, 11) is 0. The molecule has 362 valence electrons. The molecule has 0 aliphatic rings. The molecule has 0 aliphatic heterocycles. The molecule has 0 amide bonds. The lowest BCUT2D eigenvalue weighted by Gasteiger charge is -2.18. The van der Waals surface area contributed by atoms with Crippen LogP contribution in [0.3, 0.4) is 0 Å². The fraction of sp³-hybridized carbons (Fsp3) is 0.638. The molecule has 6 nitrogen and oxygen atoms in total. The van der Waals surface area contributed by atoms with Crippen molar-refractivity contribution in [2.24, 2.45) is 0 Å². The molecule has 1 unspecified atom stereocenters. The number of carbonyl (C=O) groups excluding carboxylic acids is 3. The Morgan fingerprint density at radius 1 is 0.328 bits per heavy atom. The summed E-state index contributed by atoms with van der Waals surface area (Å²) in [6.07, 6.45) is 69.7. The highest BCUT2D eigenvalue weighted by atomic mass is 16.6. The predicted octanol–water partition coefficient (Wildman–Crippen LogP) is 17.1. The Morgan fingerprint density at radius 2 is 0.609 bits per heavy atom. The first-order chi connectivity index (χ1) is 31.5. The van der Waals surface area contributed by atoms with Crippen LogP contribution in [0.1, 0.15) is 220 Å². The third-order valence-corrected chi connectivity index (χ3v) is 10.5. The van der Waals surface area contributed by atoms with Gasteiger partial charge in [0.15, 0.2) is 6.10 Å². The Bertz CT molecular complexity index is 1340. The van der Waals surface area contributed by atoms with Crippen LogP contribution >= 0.6 is 0 Å². The van der Waals surface area contributed by atoms with Crippen LogP contribution in [0.5, 0.6) is 0 Å². The van der Waals surface area contributed by atoms with E-state index in [0.717, 1.165) is 128 Å². The lowest BCUT2D eigenvalue weighted by Crippen LogP contribution is -2.30. The number of hydrogen-bond donors (Lipinski definition) is 0. The Balaban J connectivity index is 4.25. The number of esters is 3. The van der Waals surface area contributed by atoms with E-state index in [4.69, 9.17) is 14.2 Å². The van der Waals surface area contributed by atoms with Crippen LogP contribution in [0, 0.1) is 0 Å². The number of carbonyl (C=O) groups is 3. The first-order valence-corrected chi connectivity index (χ1v) is 25.9. The molecule has 64 heavy (non-hydrogen) atoms. The van der Waals surface area contributed by atoms with E-state index in [9.17, 15) is 14.4 Å². The third kappa shape index (κ3) is 49.1. The van der Waals surface area contributed by atoms with Gasteiger partial charge in [0.2, 0.25) is 0 Å². The molecule has 0 N–H and O–H groups in total. The predicted molar refractivity (Wildman–Crippen MR) is 274 cm³/mol. The second kappa shape index (κ2) is 51.7. The van der Waals surface area contributed by atoms with Crippen LogP contribution in [0.4, 0.5) is 0 Å². The van der Waals surface area contributed by atoms with Crippen molar-refractivity contribution in [2.75, 3.05) is 13.2 Å². The molecule has 6 heteroatoms. The van der Waals surface area contributed by atoms with Crippen LogP contribution in [0.15, 0.2) is 109 Å². The molecule has 0 aliphatic carbocycles. The van der Waals surface area contributed by atoms with Crippen molar-refractivity contribution in [3.05, 3.63) is 109 Å². The quantitative estimate of drug-likeness (QED) is 0.0262. The molecule has 0 saturated heterocycles. The van der Waals surface area contributed by atoms with Gasteiger partial charge in [-0.25, -0.2) is 0 Å². The lowest BCUT2D eigenvalue weighted by molar-refractivity contribution is -0.167. The summed E-state index contributed by atoms with van der Waals surface area (Å²) in [6, 6.07) is 0. The van der Waals surface area contributed by atoms with Crippen molar-refractivity contribution in [3.63, 3.8) is 0 Å². The van der Waals surface area contributed by atoms with Gasteiger partial charge in [-0.2, -0.15) is 0 Å². The Kier molecular flexibility index (Phi) is 48.5. The van der Waals surface area contributed by atoms with Crippen molar-refractivity contribution in [2.45, 2.75) is 226 Å². The highest BCUT2D eigenvalue weighted by Gasteiger charge is 2.19. The summed E-state index contributed by atoms with van der Waals surface area (Å²) < 4.78 is 16.6. The third-order valence-electron chi connectivity index (χ3n) is 10.5. The van der Waals surface area contributed by atoms with Gasteiger partial charge < -0.3 is 14.2 Å². The summed E-state index contributed by atoms with van der Waals surface area (Å²) in [5.74, 6) is -0.973. The van der Waals surface area contributed by atoms with Gasteiger partial charge in [0.25, 0.3) is 0 Å². The van der Waals surface area contributed by atoms with Gasteiger partial charge in [0.05, 0.1) is 0 Å². The summed E-state index contributed by atoms with van der Waals surface area (Å²) in [4.78, 5) is 37.6. The minimum absolute atomic E-state index is 0.0975. The van der Waals surface area contributed by atoms with Gasteiger partial charge in [0, 0.05) is 19.3 Å². The number of allylic oxidation sites excluding steroid dienone is 18. The SMILES string of the molecule is CC/C=C\C/C=C\C/C=C\C/C=C\C/C=C\C/C=C\C/C=C\C/C=C\CCCCC(=O)OCC(COC(=O)CCCCCCC)OC(=O)CCCCCCC/C=C\CCCCCCC. The van der Waals surface area contributed by atoms with Crippen LogP contribution in [-0.2, 0) is 28.6 Å². The monoisotopic (exact) mass is 887 g/mol. The molecule has 0 rings (SSSR count). The van der Waals surface area contributed by atoms with Gasteiger partial charge in [0.1, 0.15) is 13.2 Å². The van der Waals surface area contributed by atoms with Gasteiger partial charge in [-0.3, -0.25) is 14.4 Å². The van der Waals surface area contributed by atoms with E-state index < -0.39 is 6.10 Å². The highest BCUT2D eigenvalue weighted by molar-refractivity contribution is 5.71. The molecular weight excluding hydrogens is 793 g/mol. The second-order valence-electron chi connectivity index (χ2n) is 16.7. The van der Waals surface area contributed by atoms with Crippen molar-refractivity contribution in [1.29, 1.82) is 0 Å². The normalized spacial score (nSPS) is 13.0. The topological polar surface area (TPSA) is 78.9 Å². The molecule has 0 heterocycles. The first kappa shape index (κ1) is 60.1. The van der Waals surface area contributed by atoms with Gasteiger partial charge >= 0.3 is 17.9 Å². The van der Waals surface area contributed by atoms with Crippen molar-refractivity contribution in [3.8, 4) is 0 Å². The van der Waals surface area contributed by atoms with Gasteiger partial charge in [-0.05, 0) is 109 Å². The molecule has 0 radical (unpaired) electrons. The first-order valence-electron chi connectivity index (χ1n) is 25.9. The largest absolute Gasteiger partial charge is 0.462 e. The molecule has 1 atom stereocenters. The number of hydrogen-bond acceptors (Lipinski definition) is 6. The van der Waals surface area contributed by atoms with E-state index in [-0.39, 0.29) is 31.1 Å². The van der Waals surface area contributed by atoms with E-state index in [0.29, 0.717) is 25.7 Å². The molecule has 0 spiro atoms. The molecule has 0 bridgehead atoms. The van der Waals surface area contributed by atoms with Crippen LogP contribution in [-0.4, -0.2) is 37.2 Å². The standard InChI is InChI=1S/C58H94O6/c1-4-7-10-13-15-17-19-21-23-24-25-26-27-28-29-30-31-32-33-34-35-37-38-40-42-45-48-51-57(60)63-54-55(53-62-56(59)50-47-44-12-9-6-3)64-58(61)52-49-46-43-41-39-36-22-20-18-16-14-11-8-5-2/h7,10,15,17,20-23,25-26,28-29,31-32,34-35,38,40,55H,4-6,8-9,11-14,16,18-19,24,27,30,33,36-37,39,41-54H2,1-3H3/b10-7-,17-15-,22-20-,23-21-,26-25-,29-28-,32-31-,35-34-,40-38-. The average molecular weight is 887 g/mol. The number of unbranched alkanes of at least 4 members (excludes halogenated alkanes) is 16. The lowest BCUT2D eigenvalue weighted by atomic mass is 10.1.